The number of aromatic nitrogens is 3. The first-order valence-electron chi connectivity index (χ1n) is 10.7. The van der Waals surface area contributed by atoms with Gasteiger partial charge in [-0.25, -0.2) is 15.0 Å². The Hall–Kier alpha value is -3.08. The summed E-state index contributed by atoms with van der Waals surface area (Å²) in [5.41, 5.74) is 4.84. The number of nitrogens with one attached hydrogen (secondary N) is 1. The number of dihydropyridines is 1. The molecular formula is C24H25N5O3S2. The van der Waals surface area contributed by atoms with E-state index in [9.17, 15) is 4.79 Å². The Labute approximate surface area is 206 Å². The number of rotatable bonds is 9. The van der Waals surface area contributed by atoms with Crippen LogP contribution < -0.4 is 10.1 Å². The lowest BCUT2D eigenvalue weighted by Crippen LogP contribution is -2.16. The highest BCUT2D eigenvalue weighted by atomic mass is 32.2. The first-order valence-corrected chi connectivity index (χ1v) is 12.4. The Morgan fingerprint density at radius 2 is 2.00 bits per heavy atom. The molecule has 0 aliphatic carbocycles. The van der Waals surface area contributed by atoms with Crippen molar-refractivity contribution < 1.29 is 14.3 Å². The van der Waals surface area contributed by atoms with Crippen LogP contribution in [0, 0.1) is 13.8 Å². The molecule has 0 atom stereocenters. The molecule has 2 aromatic heterocycles. The van der Waals surface area contributed by atoms with Crippen LogP contribution in [0.25, 0.3) is 11.3 Å². The summed E-state index contributed by atoms with van der Waals surface area (Å²) in [6.45, 7) is 5.71. The van der Waals surface area contributed by atoms with Gasteiger partial charge in [-0.1, -0.05) is 11.8 Å². The van der Waals surface area contributed by atoms with Gasteiger partial charge >= 0.3 is 0 Å². The van der Waals surface area contributed by atoms with Crippen molar-refractivity contribution in [3.8, 4) is 17.1 Å². The van der Waals surface area contributed by atoms with Crippen molar-refractivity contribution in [2.75, 3.05) is 32.2 Å². The number of thiazole rings is 1. The summed E-state index contributed by atoms with van der Waals surface area (Å²) in [5, 5.41) is 6.25. The quantitative estimate of drug-likeness (QED) is 0.428. The Balaban J connectivity index is 1.44. The molecule has 0 unspecified atom stereocenters. The number of ether oxygens (including phenoxy) is 2. The van der Waals surface area contributed by atoms with Crippen LogP contribution in [0.3, 0.4) is 0 Å². The average molecular weight is 496 g/mol. The highest BCUT2D eigenvalue weighted by Crippen LogP contribution is 2.35. The van der Waals surface area contributed by atoms with Crippen molar-refractivity contribution in [3.63, 3.8) is 0 Å². The minimum absolute atomic E-state index is 0.122. The van der Waals surface area contributed by atoms with E-state index >= 15 is 0 Å². The van der Waals surface area contributed by atoms with E-state index in [1.165, 1.54) is 11.3 Å². The zero-order chi connectivity index (χ0) is 23.9. The normalized spacial score (nSPS) is 13.0. The molecule has 8 nitrogen and oxygen atoms in total. The van der Waals surface area contributed by atoms with Gasteiger partial charge in [-0.3, -0.25) is 15.1 Å². The number of amides is 1. The summed E-state index contributed by atoms with van der Waals surface area (Å²) >= 11 is 2.96. The van der Waals surface area contributed by atoms with Crippen molar-refractivity contribution in [1.29, 1.82) is 0 Å². The molecule has 34 heavy (non-hydrogen) atoms. The van der Waals surface area contributed by atoms with Gasteiger partial charge in [0.1, 0.15) is 11.6 Å². The van der Waals surface area contributed by atoms with Crippen LogP contribution in [-0.4, -0.2) is 53.9 Å². The van der Waals surface area contributed by atoms with Gasteiger partial charge < -0.3 is 9.47 Å². The van der Waals surface area contributed by atoms with Crippen LogP contribution in [-0.2, 0) is 9.53 Å². The maximum atomic E-state index is 12.5. The fraction of sp³-hybridized carbons (Fsp3) is 0.292. The molecule has 0 spiro atoms. The molecular weight excluding hydrogens is 470 g/mol. The number of carbonyl (C=O) groups excluding carboxylic acids is 1. The van der Waals surface area contributed by atoms with Gasteiger partial charge in [-0.05, 0) is 49.6 Å². The topological polar surface area (TPSA) is 98.6 Å². The zero-order valence-corrected chi connectivity index (χ0v) is 20.8. The molecule has 0 saturated heterocycles. The van der Waals surface area contributed by atoms with Gasteiger partial charge in [0.25, 0.3) is 5.91 Å². The largest absolute Gasteiger partial charge is 0.474 e. The number of aryl methyl sites for hydroxylation is 2. The minimum atomic E-state index is -0.122. The molecule has 1 amide bonds. The first-order chi connectivity index (χ1) is 16.5. The summed E-state index contributed by atoms with van der Waals surface area (Å²) in [6, 6.07) is 4.23. The van der Waals surface area contributed by atoms with Crippen molar-refractivity contribution in [2.45, 2.75) is 30.2 Å². The number of methoxy groups -OCH3 is 1. The molecule has 0 bridgehead atoms. The van der Waals surface area contributed by atoms with Crippen molar-refractivity contribution in [3.05, 3.63) is 52.7 Å². The second kappa shape index (κ2) is 11.4. The number of allylic oxidation sites excluding steroid dienone is 1. The van der Waals surface area contributed by atoms with Crippen LogP contribution in [0.1, 0.15) is 17.5 Å². The van der Waals surface area contributed by atoms with Crippen molar-refractivity contribution in [1.82, 2.24) is 15.0 Å². The van der Waals surface area contributed by atoms with Crippen LogP contribution in [0.4, 0.5) is 5.13 Å². The molecule has 1 aliphatic rings. The number of nitrogens with zero attached hydrogens (tertiary/aromatic N) is 4. The summed E-state index contributed by atoms with van der Waals surface area (Å²) in [6.07, 6.45) is 7.40. The van der Waals surface area contributed by atoms with E-state index in [1.54, 1.807) is 43.6 Å². The van der Waals surface area contributed by atoms with E-state index in [1.807, 2.05) is 5.38 Å². The maximum Gasteiger partial charge on any atom is 0.253 e. The third kappa shape index (κ3) is 6.07. The lowest BCUT2D eigenvalue weighted by atomic mass is 10.0. The Kier molecular flexibility index (Phi) is 8.04. The average Bonchev–Trinajstić information content (AvgIpc) is 3.28. The highest BCUT2D eigenvalue weighted by molar-refractivity contribution is 7.99. The van der Waals surface area contributed by atoms with Crippen LogP contribution in [0.5, 0.6) is 5.88 Å². The molecule has 1 N–H and O–H groups in total. The van der Waals surface area contributed by atoms with E-state index in [-0.39, 0.29) is 5.91 Å². The molecule has 0 saturated carbocycles. The SMILES string of the molecule is COCCOc1cnc(Sc2cc(C)c(-c3csc(NC(=O)C4=CC=NCC4)n3)c(C)c2)cn1. The summed E-state index contributed by atoms with van der Waals surface area (Å²) in [5.74, 6) is 0.354. The van der Waals surface area contributed by atoms with Gasteiger partial charge in [-0.15, -0.1) is 11.3 Å². The fourth-order valence-corrected chi connectivity index (χ4v) is 5.09. The molecule has 1 aromatic carbocycles. The molecule has 10 heteroatoms. The molecule has 0 fully saturated rings. The molecule has 3 aromatic rings. The van der Waals surface area contributed by atoms with Gasteiger partial charge in [-0.2, -0.15) is 0 Å². The summed E-state index contributed by atoms with van der Waals surface area (Å²) < 4.78 is 10.4. The Morgan fingerprint density at radius 1 is 1.18 bits per heavy atom. The predicted molar refractivity (Wildman–Crippen MR) is 135 cm³/mol. The molecule has 0 radical (unpaired) electrons. The van der Waals surface area contributed by atoms with Crippen LogP contribution >= 0.6 is 23.1 Å². The standard InChI is InChI=1S/C24H25N5O3S2/c1-15-10-18(34-21-13-26-20(12-27-21)32-9-8-31-3)11-16(2)22(15)19-14-33-24(28-19)29-23(30)17-4-6-25-7-5-17/h4,6,10-14H,5,7-9H2,1-3H3,(H,28,29,30). The fourth-order valence-electron chi connectivity index (χ4n) is 3.47. The maximum absolute atomic E-state index is 12.5. The van der Waals surface area contributed by atoms with E-state index in [4.69, 9.17) is 9.47 Å². The number of hydrogen-bond donors (Lipinski definition) is 1. The third-order valence-electron chi connectivity index (χ3n) is 5.03. The van der Waals surface area contributed by atoms with Crippen LogP contribution in [0.2, 0.25) is 0 Å². The van der Waals surface area contributed by atoms with Gasteiger partial charge in [0.15, 0.2) is 5.13 Å². The molecule has 176 valence electrons. The van der Waals surface area contributed by atoms with Gasteiger partial charge in [0.2, 0.25) is 5.88 Å². The number of anilines is 1. The second-order valence-corrected chi connectivity index (χ2v) is 9.51. The van der Waals surface area contributed by atoms with Crippen LogP contribution in [0.15, 0.2) is 56.5 Å². The lowest BCUT2D eigenvalue weighted by Gasteiger charge is -2.11. The first kappa shape index (κ1) is 24.1. The van der Waals surface area contributed by atoms with Gasteiger partial charge in [0, 0.05) is 41.3 Å². The predicted octanol–water partition coefficient (Wildman–Crippen LogP) is 4.73. The summed E-state index contributed by atoms with van der Waals surface area (Å²) in [4.78, 5) is 31.0. The zero-order valence-electron chi connectivity index (χ0n) is 19.2. The molecule has 4 rings (SSSR count). The molecule has 1 aliphatic heterocycles. The smallest absolute Gasteiger partial charge is 0.253 e. The second-order valence-electron chi connectivity index (χ2n) is 7.56. The minimum Gasteiger partial charge on any atom is -0.474 e. The van der Waals surface area contributed by atoms with Gasteiger partial charge in [0.05, 0.1) is 24.7 Å². The van der Waals surface area contributed by atoms with E-state index in [0.717, 1.165) is 37.9 Å². The monoisotopic (exact) mass is 495 g/mol. The number of aliphatic imine (C=N–C) groups is 1. The Morgan fingerprint density at radius 3 is 2.68 bits per heavy atom. The van der Waals surface area contributed by atoms with Crippen molar-refractivity contribution in [2.24, 2.45) is 4.99 Å². The Bertz CT molecular complexity index is 1200. The van der Waals surface area contributed by atoms with E-state index in [0.29, 0.717) is 37.2 Å². The number of carbonyl (C=O) groups is 1. The third-order valence-corrected chi connectivity index (χ3v) is 6.68. The van der Waals surface area contributed by atoms with E-state index < -0.39 is 0 Å². The highest BCUT2D eigenvalue weighted by Gasteiger charge is 2.16. The number of benzene rings is 1. The lowest BCUT2D eigenvalue weighted by molar-refractivity contribution is -0.113. The van der Waals surface area contributed by atoms with Crippen molar-refractivity contribution >= 4 is 40.4 Å². The number of hydrogen-bond acceptors (Lipinski definition) is 9. The molecule has 3 heterocycles. The summed E-state index contributed by atoms with van der Waals surface area (Å²) in [7, 11) is 1.63. The van der Waals surface area contributed by atoms with E-state index in [2.05, 4.69) is 51.2 Å².